The molecule has 1 saturated heterocycles. The first-order valence-corrected chi connectivity index (χ1v) is 6.01. The van der Waals surface area contributed by atoms with Crippen molar-refractivity contribution in [3.63, 3.8) is 0 Å². The third-order valence-corrected chi connectivity index (χ3v) is 2.90. The van der Waals surface area contributed by atoms with Gasteiger partial charge in [0.25, 0.3) is 0 Å². The van der Waals surface area contributed by atoms with E-state index in [1.54, 1.807) is 7.05 Å². The first kappa shape index (κ1) is 13.5. The van der Waals surface area contributed by atoms with Crippen LogP contribution < -0.4 is 10.2 Å². The highest BCUT2D eigenvalue weighted by molar-refractivity contribution is 5.59. The molecule has 1 aliphatic rings. The van der Waals surface area contributed by atoms with Crippen molar-refractivity contribution in [2.45, 2.75) is 19.4 Å². The molecule has 1 N–H and O–H groups in total. The quantitative estimate of drug-likeness (QED) is 0.646. The molecule has 1 aromatic rings. The van der Waals surface area contributed by atoms with Crippen molar-refractivity contribution >= 4 is 17.5 Å². The molecule has 0 aliphatic carbocycles. The van der Waals surface area contributed by atoms with Crippen molar-refractivity contribution in [3.8, 4) is 0 Å². The van der Waals surface area contributed by atoms with Crippen LogP contribution in [-0.4, -0.2) is 47.2 Å². The van der Waals surface area contributed by atoms with Gasteiger partial charge in [-0.1, -0.05) is 0 Å². The van der Waals surface area contributed by atoms with Crippen LogP contribution in [-0.2, 0) is 4.74 Å². The van der Waals surface area contributed by atoms with Crippen LogP contribution in [0.15, 0.2) is 6.20 Å². The maximum atomic E-state index is 11.1. The Morgan fingerprint density at radius 2 is 2.32 bits per heavy atom. The molecule has 0 atom stereocenters. The molecular formula is C11H17N5O3. The molecular weight excluding hydrogens is 250 g/mol. The number of nitrogens with zero attached hydrogens (tertiary/aromatic N) is 4. The van der Waals surface area contributed by atoms with E-state index in [9.17, 15) is 10.1 Å². The van der Waals surface area contributed by atoms with E-state index in [0.717, 1.165) is 0 Å². The molecule has 1 aliphatic heterocycles. The zero-order valence-electron chi connectivity index (χ0n) is 11.2. The zero-order chi connectivity index (χ0) is 14.0. The number of anilines is 2. The number of nitro groups is 1. The van der Waals surface area contributed by atoms with E-state index in [2.05, 4.69) is 15.3 Å². The van der Waals surface area contributed by atoms with Gasteiger partial charge in [-0.2, -0.15) is 4.98 Å². The van der Waals surface area contributed by atoms with Crippen molar-refractivity contribution in [2.24, 2.45) is 0 Å². The van der Waals surface area contributed by atoms with Crippen molar-refractivity contribution in [1.29, 1.82) is 0 Å². The van der Waals surface area contributed by atoms with Crippen LogP contribution in [0.4, 0.5) is 17.5 Å². The van der Waals surface area contributed by atoms with Gasteiger partial charge < -0.3 is 15.0 Å². The van der Waals surface area contributed by atoms with Gasteiger partial charge in [0.2, 0.25) is 11.8 Å². The average molecular weight is 267 g/mol. The summed E-state index contributed by atoms with van der Waals surface area (Å²) in [7, 11) is 1.67. The molecule has 19 heavy (non-hydrogen) atoms. The fraction of sp³-hybridized carbons (Fsp3) is 0.636. The molecule has 0 saturated carbocycles. The maximum absolute atomic E-state index is 11.1. The lowest BCUT2D eigenvalue weighted by molar-refractivity contribution is -0.384. The van der Waals surface area contributed by atoms with Gasteiger partial charge in [-0.05, 0) is 13.8 Å². The molecule has 0 aromatic carbocycles. The van der Waals surface area contributed by atoms with Gasteiger partial charge in [-0.3, -0.25) is 10.1 Å². The smallest absolute Gasteiger partial charge is 0.329 e. The number of rotatable bonds is 3. The highest BCUT2D eigenvalue weighted by Crippen LogP contribution is 2.29. The zero-order valence-corrected chi connectivity index (χ0v) is 11.2. The Morgan fingerprint density at radius 1 is 1.58 bits per heavy atom. The Labute approximate surface area is 110 Å². The summed E-state index contributed by atoms with van der Waals surface area (Å²) in [4.78, 5) is 20.6. The average Bonchev–Trinajstić information content (AvgIpc) is 2.36. The van der Waals surface area contributed by atoms with Gasteiger partial charge >= 0.3 is 5.69 Å². The number of aromatic nitrogens is 2. The third-order valence-electron chi connectivity index (χ3n) is 2.90. The molecule has 1 fully saturated rings. The summed E-state index contributed by atoms with van der Waals surface area (Å²) in [6.45, 7) is 5.54. The van der Waals surface area contributed by atoms with E-state index in [1.807, 2.05) is 18.7 Å². The van der Waals surface area contributed by atoms with E-state index < -0.39 is 4.92 Å². The summed E-state index contributed by atoms with van der Waals surface area (Å²) in [5.74, 6) is 0.700. The van der Waals surface area contributed by atoms with Gasteiger partial charge in [0.15, 0.2) is 0 Å². The summed E-state index contributed by atoms with van der Waals surface area (Å²) in [5, 5.41) is 13.9. The molecule has 0 spiro atoms. The molecule has 0 unspecified atom stereocenters. The highest BCUT2D eigenvalue weighted by Gasteiger charge is 2.32. The van der Waals surface area contributed by atoms with E-state index >= 15 is 0 Å². The molecule has 8 nitrogen and oxygen atoms in total. The van der Waals surface area contributed by atoms with Gasteiger partial charge in [0.05, 0.1) is 17.1 Å². The Hall–Kier alpha value is -1.96. The minimum atomic E-state index is -0.461. The molecule has 1 aromatic heterocycles. The van der Waals surface area contributed by atoms with Crippen LogP contribution >= 0.6 is 0 Å². The second-order valence-electron chi connectivity index (χ2n) is 4.94. The van der Waals surface area contributed by atoms with Crippen molar-refractivity contribution in [2.75, 3.05) is 37.0 Å². The lowest BCUT2D eigenvalue weighted by Crippen LogP contribution is -2.48. The maximum Gasteiger partial charge on any atom is 0.329 e. The SMILES string of the molecule is CNc1ncc([N+](=O)[O-])c(N2CCOC(C)(C)C2)n1. The standard InChI is InChI=1S/C11H17N5O3/c1-11(2)7-15(4-5-19-11)9-8(16(17)18)6-13-10(12-3)14-9/h6H,4-5,7H2,1-3H3,(H,12,13,14). The lowest BCUT2D eigenvalue weighted by atomic mass is 10.1. The summed E-state index contributed by atoms with van der Waals surface area (Å²) in [6, 6.07) is 0. The minimum absolute atomic E-state index is 0.0864. The normalized spacial score (nSPS) is 18.2. The summed E-state index contributed by atoms with van der Waals surface area (Å²) < 4.78 is 5.60. The molecule has 8 heteroatoms. The van der Waals surface area contributed by atoms with E-state index in [-0.39, 0.29) is 11.3 Å². The topological polar surface area (TPSA) is 93.4 Å². The molecule has 2 heterocycles. The van der Waals surface area contributed by atoms with Gasteiger partial charge in [0, 0.05) is 20.1 Å². The van der Waals surface area contributed by atoms with E-state index in [1.165, 1.54) is 6.20 Å². The number of hydrogen-bond donors (Lipinski definition) is 1. The fourth-order valence-corrected chi connectivity index (χ4v) is 2.05. The predicted octanol–water partition coefficient (Wildman–Crippen LogP) is 1.04. The first-order chi connectivity index (χ1) is 8.93. The van der Waals surface area contributed by atoms with Crippen LogP contribution in [0.5, 0.6) is 0 Å². The van der Waals surface area contributed by atoms with E-state index in [0.29, 0.717) is 31.5 Å². The fourth-order valence-electron chi connectivity index (χ4n) is 2.05. The Kier molecular flexibility index (Phi) is 3.52. The van der Waals surface area contributed by atoms with E-state index in [4.69, 9.17) is 4.74 Å². The van der Waals surface area contributed by atoms with Gasteiger partial charge in [-0.25, -0.2) is 4.98 Å². The van der Waals surface area contributed by atoms with Crippen LogP contribution in [0.1, 0.15) is 13.8 Å². The number of ether oxygens (including phenoxy) is 1. The molecule has 104 valence electrons. The van der Waals surface area contributed by atoms with Gasteiger partial charge in [0.1, 0.15) is 6.20 Å². The second-order valence-corrected chi connectivity index (χ2v) is 4.94. The van der Waals surface area contributed by atoms with Crippen LogP contribution in [0.2, 0.25) is 0 Å². The number of hydrogen-bond acceptors (Lipinski definition) is 7. The molecule has 2 rings (SSSR count). The summed E-state index contributed by atoms with van der Waals surface area (Å²) in [6.07, 6.45) is 1.23. The monoisotopic (exact) mass is 267 g/mol. The molecule has 0 amide bonds. The molecule has 0 radical (unpaired) electrons. The molecule has 0 bridgehead atoms. The van der Waals surface area contributed by atoms with Crippen molar-refractivity contribution < 1.29 is 9.66 Å². The van der Waals surface area contributed by atoms with Crippen molar-refractivity contribution in [3.05, 3.63) is 16.3 Å². The van der Waals surface area contributed by atoms with Crippen LogP contribution in [0.3, 0.4) is 0 Å². The summed E-state index contributed by atoms with van der Waals surface area (Å²) in [5.41, 5.74) is -0.437. The minimum Gasteiger partial charge on any atom is -0.372 e. The second kappa shape index (κ2) is 4.96. The highest BCUT2D eigenvalue weighted by atomic mass is 16.6. The first-order valence-electron chi connectivity index (χ1n) is 6.01. The third kappa shape index (κ3) is 2.90. The van der Waals surface area contributed by atoms with Crippen molar-refractivity contribution in [1.82, 2.24) is 9.97 Å². The van der Waals surface area contributed by atoms with Crippen LogP contribution in [0, 0.1) is 10.1 Å². The number of nitrogens with one attached hydrogen (secondary N) is 1. The largest absolute Gasteiger partial charge is 0.372 e. The lowest BCUT2D eigenvalue weighted by Gasteiger charge is -2.38. The van der Waals surface area contributed by atoms with Gasteiger partial charge in [-0.15, -0.1) is 0 Å². The number of morpholine rings is 1. The summed E-state index contributed by atoms with van der Waals surface area (Å²) >= 11 is 0. The van der Waals surface area contributed by atoms with Crippen LogP contribution in [0.25, 0.3) is 0 Å². The Bertz CT molecular complexity index is 491. The Morgan fingerprint density at radius 3 is 2.89 bits per heavy atom. The Balaban J connectivity index is 2.38. The predicted molar refractivity (Wildman–Crippen MR) is 70.5 cm³/mol.